The molecule has 0 radical (unpaired) electrons. The first-order chi connectivity index (χ1) is 12.5. The fraction of sp³-hybridized carbons (Fsp3) is 0.421. The maximum atomic E-state index is 12.4. The lowest BCUT2D eigenvalue weighted by molar-refractivity contribution is -0.129. The minimum atomic E-state index is -0.950. The number of hydrogen-bond acceptors (Lipinski definition) is 4. The normalized spacial score (nSPS) is 15.2. The summed E-state index contributed by atoms with van der Waals surface area (Å²) in [6.45, 7) is 5.19. The Morgan fingerprint density at radius 2 is 1.85 bits per heavy atom. The summed E-state index contributed by atoms with van der Waals surface area (Å²) < 4.78 is 1.80. The molecule has 1 aromatic carbocycles. The molecule has 1 aliphatic heterocycles. The number of aromatic nitrogens is 2. The quantitative estimate of drug-likeness (QED) is 0.815. The van der Waals surface area contributed by atoms with Gasteiger partial charge in [0.1, 0.15) is 5.56 Å². The number of carbonyl (C=O) groups excluding carboxylic acids is 1. The number of carbonyl (C=O) groups is 2. The largest absolute Gasteiger partial charge is 0.478 e. The fourth-order valence-corrected chi connectivity index (χ4v) is 4.03. The zero-order chi connectivity index (χ0) is 18.7. The number of likely N-dealkylation sites (tertiary alicyclic amines) is 1. The van der Waals surface area contributed by atoms with Crippen molar-refractivity contribution in [3.63, 3.8) is 0 Å². The van der Waals surface area contributed by atoms with E-state index in [0.29, 0.717) is 24.5 Å². The minimum Gasteiger partial charge on any atom is -0.478 e. The molecular weight excluding hydrogens is 350 g/mol. The van der Waals surface area contributed by atoms with Gasteiger partial charge in [0, 0.05) is 18.0 Å². The van der Waals surface area contributed by atoms with E-state index >= 15 is 0 Å². The van der Waals surface area contributed by atoms with Crippen molar-refractivity contribution in [3.8, 4) is 0 Å². The summed E-state index contributed by atoms with van der Waals surface area (Å²) in [6, 6.07) is 8.34. The Morgan fingerprint density at radius 1 is 1.19 bits per heavy atom. The number of amides is 1. The summed E-state index contributed by atoms with van der Waals surface area (Å²) in [4.78, 5) is 26.6. The van der Waals surface area contributed by atoms with E-state index in [4.69, 9.17) is 5.11 Å². The van der Waals surface area contributed by atoms with Gasteiger partial charge in [-0.25, -0.2) is 4.79 Å². The summed E-state index contributed by atoms with van der Waals surface area (Å²) >= 11 is 1.56. The first-order valence-corrected chi connectivity index (χ1v) is 9.69. The van der Waals surface area contributed by atoms with E-state index in [0.717, 1.165) is 17.7 Å². The van der Waals surface area contributed by atoms with E-state index < -0.39 is 5.97 Å². The van der Waals surface area contributed by atoms with Crippen molar-refractivity contribution in [2.24, 2.45) is 0 Å². The number of piperidine rings is 1. The van der Waals surface area contributed by atoms with Crippen LogP contribution in [0.15, 0.2) is 35.4 Å². The van der Waals surface area contributed by atoms with Crippen LogP contribution in [0.25, 0.3) is 0 Å². The fourth-order valence-electron chi connectivity index (χ4n) is 3.23. The number of aryl methyl sites for hydroxylation is 1. The Morgan fingerprint density at radius 3 is 2.42 bits per heavy atom. The molecule has 26 heavy (non-hydrogen) atoms. The Kier molecular flexibility index (Phi) is 5.66. The van der Waals surface area contributed by atoms with Gasteiger partial charge in [0.25, 0.3) is 0 Å². The van der Waals surface area contributed by atoms with Crippen molar-refractivity contribution in [1.82, 2.24) is 14.7 Å². The van der Waals surface area contributed by atoms with Crippen LogP contribution in [0.3, 0.4) is 0 Å². The van der Waals surface area contributed by atoms with Crippen LogP contribution in [-0.4, -0.2) is 50.5 Å². The Hall–Kier alpha value is -2.28. The van der Waals surface area contributed by atoms with Gasteiger partial charge in [-0.3, -0.25) is 9.48 Å². The van der Waals surface area contributed by atoms with Crippen LogP contribution in [0.1, 0.15) is 40.5 Å². The Labute approximate surface area is 157 Å². The summed E-state index contributed by atoms with van der Waals surface area (Å²) in [6.07, 6.45) is 3.00. The molecule has 0 unspecified atom stereocenters. The van der Waals surface area contributed by atoms with Gasteiger partial charge >= 0.3 is 5.97 Å². The third kappa shape index (κ3) is 4.09. The number of nitrogens with zero attached hydrogens (tertiary/aromatic N) is 3. The molecular formula is C19H23N3O3S. The smallest absolute Gasteiger partial charge is 0.339 e. The lowest BCUT2D eigenvalue weighted by atomic mass is 10.0. The van der Waals surface area contributed by atoms with Gasteiger partial charge in [-0.2, -0.15) is 5.10 Å². The maximum absolute atomic E-state index is 12.4. The molecule has 1 fully saturated rings. The molecule has 2 heterocycles. The topological polar surface area (TPSA) is 75.4 Å². The predicted octanol–water partition coefficient (Wildman–Crippen LogP) is 3.15. The summed E-state index contributed by atoms with van der Waals surface area (Å²) in [7, 11) is 0. The molecule has 6 nitrogen and oxygen atoms in total. The third-order valence-electron chi connectivity index (χ3n) is 4.82. The van der Waals surface area contributed by atoms with E-state index in [2.05, 4.69) is 17.2 Å². The molecule has 0 aliphatic carbocycles. The highest BCUT2D eigenvalue weighted by atomic mass is 32.2. The van der Waals surface area contributed by atoms with Crippen LogP contribution in [-0.2, 0) is 4.79 Å². The standard InChI is InChI=1S/C19H23N3O3S/c1-13-3-5-16(6-4-13)26-12-18(23)21-9-7-15(8-10-21)22-14(2)17(11-20-22)19(24)25/h3-6,11,15H,7-10,12H2,1-2H3,(H,24,25). The summed E-state index contributed by atoms with van der Waals surface area (Å²) in [5, 5.41) is 13.4. The number of hydrogen-bond donors (Lipinski definition) is 1. The van der Waals surface area contributed by atoms with Crippen LogP contribution in [0, 0.1) is 13.8 Å². The second-order valence-electron chi connectivity index (χ2n) is 6.61. The third-order valence-corrected chi connectivity index (χ3v) is 5.82. The molecule has 1 aliphatic rings. The SMILES string of the molecule is Cc1ccc(SCC(=O)N2CCC(n3ncc(C(=O)O)c3C)CC2)cc1. The van der Waals surface area contributed by atoms with Crippen LogP contribution < -0.4 is 0 Å². The number of thioether (sulfide) groups is 1. The van der Waals surface area contributed by atoms with E-state index in [1.807, 2.05) is 24.0 Å². The minimum absolute atomic E-state index is 0.150. The van der Waals surface area contributed by atoms with Crippen LogP contribution in [0.5, 0.6) is 0 Å². The van der Waals surface area contributed by atoms with Crippen LogP contribution in [0.4, 0.5) is 0 Å². The maximum Gasteiger partial charge on any atom is 0.339 e. The van der Waals surface area contributed by atoms with Gasteiger partial charge in [-0.1, -0.05) is 17.7 Å². The molecule has 1 N–H and O–H groups in total. The molecule has 1 aromatic heterocycles. The van der Waals surface area contributed by atoms with Crippen LogP contribution in [0.2, 0.25) is 0 Å². The highest BCUT2D eigenvalue weighted by molar-refractivity contribution is 8.00. The van der Waals surface area contributed by atoms with Crippen molar-refractivity contribution in [3.05, 3.63) is 47.3 Å². The molecule has 138 valence electrons. The van der Waals surface area contributed by atoms with Gasteiger partial charge in [0.15, 0.2) is 0 Å². The molecule has 0 saturated carbocycles. The average molecular weight is 373 g/mol. The molecule has 3 rings (SSSR count). The monoisotopic (exact) mass is 373 g/mol. The van der Waals surface area contributed by atoms with E-state index in [1.54, 1.807) is 23.4 Å². The number of carboxylic acid groups (broad SMARTS) is 1. The number of rotatable bonds is 5. The van der Waals surface area contributed by atoms with Crippen molar-refractivity contribution >= 4 is 23.6 Å². The summed E-state index contributed by atoms with van der Waals surface area (Å²) in [5.74, 6) is -0.357. The first-order valence-electron chi connectivity index (χ1n) is 8.70. The lowest BCUT2D eigenvalue weighted by Crippen LogP contribution is -2.40. The highest BCUT2D eigenvalue weighted by Crippen LogP contribution is 2.26. The number of benzene rings is 1. The highest BCUT2D eigenvalue weighted by Gasteiger charge is 2.26. The van der Waals surface area contributed by atoms with Gasteiger partial charge in [-0.05, 0) is 38.8 Å². The van der Waals surface area contributed by atoms with Gasteiger partial charge in [0.05, 0.1) is 23.7 Å². The van der Waals surface area contributed by atoms with E-state index in [1.165, 1.54) is 11.8 Å². The van der Waals surface area contributed by atoms with Crippen molar-refractivity contribution in [2.75, 3.05) is 18.8 Å². The summed E-state index contributed by atoms with van der Waals surface area (Å²) in [5.41, 5.74) is 2.14. The molecule has 7 heteroatoms. The Balaban J connectivity index is 1.52. The zero-order valence-corrected chi connectivity index (χ0v) is 15.8. The van der Waals surface area contributed by atoms with Crippen molar-refractivity contribution < 1.29 is 14.7 Å². The molecule has 2 aromatic rings. The van der Waals surface area contributed by atoms with Crippen molar-refractivity contribution in [1.29, 1.82) is 0 Å². The second kappa shape index (κ2) is 7.95. The molecule has 0 atom stereocenters. The number of carboxylic acids is 1. The van der Waals surface area contributed by atoms with Crippen molar-refractivity contribution in [2.45, 2.75) is 37.6 Å². The average Bonchev–Trinajstić information content (AvgIpc) is 3.03. The van der Waals surface area contributed by atoms with Gasteiger partial charge in [0.2, 0.25) is 5.91 Å². The van der Waals surface area contributed by atoms with Crippen LogP contribution >= 0.6 is 11.8 Å². The predicted molar refractivity (Wildman–Crippen MR) is 101 cm³/mol. The molecule has 1 amide bonds. The lowest BCUT2D eigenvalue weighted by Gasteiger charge is -2.32. The second-order valence-corrected chi connectivity index (χ2v) is 7.66. The zero-order valence-electron chi connectivity index (χ0n) is 15.0. The van der Waals surface area contributed by atoms with Gasteiger partial charge < -0.3 is 10.0 Å². The first kappa shape index (κ1) is 18.5. The molecule has 0 bridgehead atoms. The number of aromatic carboxylic acids is 1. The van der Waals surface area contributed by atoms with E-state index in [-0.39, 0.29) is 17.5 Å². The van der Waals surface area contributed by atoms with Gasteiger partial charge in [-0.15, -0.1) is 11.8 Å². The Bertz CT molecular complexity index is 793. The van der Waals surface area contributed by atoms with E-state index in [9.17, 15) is 9.59 Å². The molecule has 0 spiro atoms. The molecule has 1 saturated heterocycles.